The lowest BCUT2D eigenvalue weighted by Gasteiger charge is -2.23. The Morgan fingerprint density at radius 3 is 3.07 bits per heavy atom. The van der Waals surface area contributed by atoms with E-state index in [0.29, 0.717) is 12.5 Å². The fourth-order valence-corrected chi connectivity index (χ4v) is 2.37. The predicted molar refractivity (Wildman–Crippen MR) is 58.2 cm³/mol. The van der Waals surface area contributed by atoms with Crippen LogP contribution in [0.1, 0.15) is 36.3 Å². The molecule has 0 aromatic heterocycles. The van der Waals surface area contributed by atoms with E-state index in [4.69, 9.17) is 6.57 Å². The van der Waals surface area contributed by atoms with E-state index in [1.165, 1.54) is 30.4 Å². The van der Waals surface area contributed by atoms with Crippen molar-refractivity contribution in [1.82, 2.24) is 0 Å². The van der Waals surface area contributed by atoms with E-state index in [0.717, 1.165) is 6.42 Å². The summed E-state index contributed by atoms with van der Waals surface area (Å²) in [7, 11) is 0. The zero-order valence-electron chi connectivity index (χ0n) is 8.37. The Morgan fingerprint density at radius 1 is 1.36 bits per heavy atom. The zero-order chi connectivity index (χ0) is 9.80. The minimum absolute atomic E-state index is 0.647. The molecule has 0 N–H and O–H groups in total. The summed E-state index contributed by atoms with van der Waals surface area (Å²) in [6, 6.07) is 8.72. The van der Waals surface area contributed by atoms with Crippen LogP contribution in [0.4, 0.5) is 0 Å². The number of aryl methyl sites for hydroxylation is 1. The molecule has 0 saturated heterocycles. The van der Waals surface area contributed by atoms with Crippen LogP contribution < -0.4 is 0 Å². The maximum Gasteiger partial charge on any atom is 0.215 e. The van der Waals surface area contributed by atoms with E-state index >= 15 is 0 Å². The smallest absolute Gasteiger partial charge is 0.215 e. The first-order chi connectivity index (χ1) is 6.92. The van der Waals surface area contributed by atoms with Gasteiger partial charge in [0.1, 0.15) is 0 Å². The molecule has 1 aromatic carbocycles. The summed E-state index contributed by atoms with van der Waals surface area (Å²) in [4.78, 5) is 3.45. The van der Waals surface area contributed by atoms with Crippen LogP contribution in [0.2, 0.25) is 0 Å². The molecule has 0 amide bonds. The van der Waals surface area contributed by atoms with Gasteiger partial charge in [-0.1, -0.05) is 24.3 Å². The van der Waals surface area contributed by atoms with E-state index in [2.05, 4.69) is 29.1 Å². The maximum atomic E-state index is 6.83. The second-order valence-corrected chi connectivity index (χ2v) is 3.96. The molecule has 1 heteroatoms. The van der Waals surface area contributed by atoms with Crippen LogP contribution in [0, 0.1) is 6.57 Å². The second kappa shape index (κ2) is 4.28. The number of rotatable bonds is 2. The van der Waals surface area contributed by atoms with Crippen LogP contribution in [0.25, 0.3) is 4.85 Å². The van der Waals surface area contributed by atoms with Crippen molar-refractivity contribution in [3.63, 3.8) is 0 Å². The van der Waals surface area contributed by atoms with Crippen molar-refractivity contribution in [1.29, 1.82) is 0 Å². The molecule has 14 heavy (non-hydrogen) atoms. The number of hydrogen-bond donors (Lipinski definition) is 0. The van der Waals surface area contributed by atoms with Gasteiger partial charge < -0.3 is 4.85 Å². The molecule has 72 valence electrons. The highest BCUT2D eigenvalue weighted by Crippen LogP contribution is 2.33. The average molecular weight is 185 g/mol. The lowest BCUT2D eigenvalue weighted by molar-refractivity contribution is 0.535. The van der Waals surface area contributed by atoms with Crippen molar-refractivity contribution in [3.8, 4) is 0 Å². The van der Waals surface area contributed by atoms with Gasteiger partial charge in [0.15, 0.2) is 0 Å². The summed E-state index contributed by atoms with van der Waals surface area (Å²) in [6.07, 6.45) is 4.83. The van der Waals surface area contributed by atoms with Crippen LogP contribution in [0.15, 0.2) is 24.3 Å². The minimum atomic E-state index is 0.647. The predicted octanol–water partition coefficient (Wildman–Crippen LogP) is 3.42. The van der Waals surface area contributed by atoms with Crippen LogP contribution in [-0.4, -0.2) is 6.54 Å². The van der Waals surface area contributed by atoms with Crippen molar-refractivity contribution in [2.45, 2.75) is 31.6 Å². The fraction of sp³-hybridized carbons (Fsp3) is 0.462. The average Bonchev–Trinajstić information content (AvgIpc) is 2.26. The Balaban J connectivity index is 2.18. The largest absolute Gasteiger partial charge is 0.317 e. The van der Waals surface area contributed by atoms with Crippen molar-refractivity contribution >= 4 is 0 Å². The molecule has 1 aliphatic rings. The molecule has 0 unspecified atom stereocenters. The van der Waals surface area contributed by atoms with Crippen molar-refractivity contribution in [3.05, 3.63) is 46.8 Å². The van der Waals surface area contributed by atoms with Gasteiger partial charge in [0.25, 0.3) is 0 Å². The van der Waals surface area contributed by atoms with Crippen LogP contribution in [0.3, 0.4) is 0 Å². The molecule has 1 atom stereocenters. The molecule has 0 bridgehead atoms. The van der Waals surface area contributed by atoms with Gasteiger partial charge in [-0.15, -0.1) is 0 Å². The van der Waals surface area contributed by atoms with E-state index < -0.39 is 0 Å². The van der Waals surface area contributed by atoms with Crippen molar-refractivity contribution in [2.24, 2.45) is 0 Å². The Bertz CT molecular complexity index is 348. The second-order valence-electron chi connectivity index (χ2n) is 3.96. The summed E-state index contributed by atoms with van der Waals surface area (Å²) >= 11 is 0. The molecule has 0 fully saturated rings. The summed E-state index contributed by atoms with van der Waals surface area (Å²) in [5, 5.41) is 0. The molecule has 0 saturated carbocycles. The van der Waals surface area contributed by atoms with Crippen molar-refractivity contribution in [2.75, 3.05) is 6.54 Å². The SMILES string of the molecule is [C-]#[N+]CC[C@H]1CCCc2ccccc21. The van der Waals surface area contributed by atoms with Gasteiger partial charge in [0.05, 0.1) is 0 Å². The van der Waals surface area contributed by atoms with E-state index in [1.54, 1.807) is 0 Å². The molecule has 1 nitrogen and oxygen atoms in total. The van der Waals surface area contributed by atoms with Gasteiger partial charge >= 0.3 is 0 Å². The Morgan fingerprint density at radius 2 is 2.21 bits per heavy atom. The Labute approximate surface area is 85.6 Å². The number of benzene rings is 1. The van der Waals surface area contributed by atoms with E-state index in [9.17, 15) is 0 Å². The third-order valence-corrected chi connectivity index (χ3v) is 3.08. The fourth-order valence-electron chi connectivity index (χ4n) is 2.37. The summed E-state index contributed by atoms with van der Waals surface area (Å²) < 4.78 is 0. The highest BCUT2D eigenvalue weighted by Gasteiger charge is 2.19. The van der Waals surface area contributed by atoms with E-state index in [1.807, 2.05) is 0 Å². The molecular weight excluding hydrogens is 170 g/mol. The van der Waals surface area contributed by atoms with Crippen molar-refractivity contribution < 1.29 is 0 Å². The monoisotopic (exact) mass is 185 g/mol. The first-order valence-electron chi connectivity index (χ1n) is 5.33. The van der Waals surface area contributed by atoms with Gasteiger partial charge in [-0.2, -0.15) is 0 Å². The van der Waals surface area contributed by atoms with Gasteiger partial charge in [-0.25, -0.2) is 6.57 Å². The molecule has 0 aliphatic heterocycles. The molecule has 0 heterocycles. The first-order valence-corrected chi connectivity index (χ1v) is 5.33. The number of nitrogens with zero attached hydrogens (tertiary/aromatic N) is 1. The first kappa shape index (κ1) is 9.27. The van der Waals surface area contributed by atoms with Gasteiger partial charge in [0, 0.05) is 6.42 Å². The molecule has 2 rings (SSSR count). The molecule has 1 aromatic rings. The summed E-state index contributed by atoms with van der Waals surface area (Å²) in [5.41, 5.74) is 3.01. The molecule has 0 spiro atoms. The third-order valence-electron chi connectivity index (χ3n) is 3.08. The molecular formula is C13H15N. The number of fused-ring (bicyclic) bond motifs is 1. The highest BCUT2D eigenvalue weighted by molar-refractivity contribution is 5.32. The maximum absolute atomic E-state index is 6.83. The van der Waals surface area contributed by atoms with Crippen LogP contribution >= 0.6 is 0 Å². The third kappa shape index (κ3) is 1.80. The molecule has 0 radical (unpaired) electrons. The zero-order valence-corrected chi connectivity index (χ0v) is 8.37. The highest BCUT2D eigenvalue weighted by atomic mass is 14.6. The Kier molecular flexibility index (Phi) is 2.84. The Hall–Kier alpha value is -1.29. The summed E-state index contributed by atoms with van der Waals surface area (Å²) in [5.74, 6) is 0.647. The number of hydrogen-bond acceptors (Lipinski definition) is 0. The lowest BCUT2D eigenvalue weighted by Crippen LogP contribution is -2.10. The quantitative estimate of drug-likeness (QED) is 0.622. The van der Waals surface area contributed by atoms with E-state index in [-0.39, 0.29) is 0 Å². The minimum Gasteiger partial charge on any atom is -0.317 e. The topological polar surface area (TPSA) is 4.36 Å². The van der Waals surface area contributed by atoms with Crippen LogP contribution in [-0.2, 0) is 6.42 Å². The van der Waals surface area contributed by atoms with Gasteiger partial charge in [-0.3, -0.25) is 0 Å². The van der Waals surface area contributed by atoms with Gasteiger partial charge in [0.2, 0.25) is 6.54 Å². The van der Waals surface area contributed by atoms with Gasteiger partial charge in [-0.05, 0) is 36.3 Å². The summed E-state index contributed by atoms with van der Waals surface area (Å²) in [6.45, 7) is 7.51. The standard InChI is InChI=1S/C13H15N/c1-14-10-9-12-7-4-6-11-5-2-3-8-13(11)12/h2-3,5,8,12H,4,6-7,9-10H2/t12-/m1/s1. The molecule has 1 aliphatic carbocycles. The normalized spacial score (nSPS) is 19.8. The lowest BCUT2D eigenvalue weighted by atomic mass is 9.81. The van der Waals surface area contributed by atoms with Crippen LogP contribution in [0.5, 0.6) is 0 Å².